The van der Waals surface area contributed by atoms with Gasteiger partial charge in [-0.2, -0.15) is 5.10 Å². The second-order valence-corrected chi connectivity index (χ2v) is 5.29. The van der Waals surface area contributed by atoms with Crippen molar-refractivity contribution in [1.82, 2.24) is 9.78 Å². The Morgan fingerprint density at radius 3 is 2.54 bits per heavy atom. The van der Waals surface area contributed by atoms with Gasteiger partial charge in [0.1, 0.15) is 17.7 Å². The third kappa shape index (κ3) is 3.38. The van der Waals surface area contributed by atoms with Gasteiger partial charge in [-0.25, -0.2) is 13.5 Å². The van der Waals surface area contributed by atoms with E-state index in [-0.39, 0.29) is 12.1 Å². The summed E-state index contributed by atoms with van der Waals surface area (Å²) in [4.78, 5) is 11.9. The van der Waals surface area contributed by atoms with Crippen LogP contribution in [0.25, 0.3) is 11.3 Å². The smallest absolute Gasteiger partial charge is 0.266 e. The Balaban J connectivity index is 1.92. The fraction of sp³-hybridized carbons (Fsp3) is 0.111. The van der Waals surface area contributed by atoms with Gasteiger partial charge in [0.15, 0.2) is 0 Å². The summed E-state index contributed by atoms with van der Waals surface area (Å²) in [5, 5.41) is 14.3. The van der Waals surface area contributed by atoms with E-state index in [0.717, 1.165) is 28.4 Å². The van der Waals surface area contributed by atoms with Crippen LogP contribution in [0.1, 0.15) is 11.7 Å². The molecule has 3 rings (SSSR count). The van der Waals surface area contributed by atoms with Crippen LogP contribution in [0.4, 0.5) is 8.78 Å². The Morgan fingerprint density at radius 2 is 1.79 bits per heavy atom. The molecule has 1 unspecified atom stereocenters. The highest BCUT2D eigenvalue weighted by molar-refractivity contribution is 5.57. The summed E-state index contributed by atoms with van der Waals surface area (Å²) in [5.41, 5.74) is 0.694. The molecule has 0 radical (unpaired) electrons. The fourth-order valence-corrected chi connectivity index (χ4v) is 2.37. The Bertz CT molecular complexity index is 910. The van der Waals surface area contributed by atoms with Crippen molar-refractivity contribution in [2.45, 2.75) is 12.6 Å². The van der Waals surface area contributed by atoms with Gasteiger partial charge in [-0.1, -0.05) is 30.3 Å². The lowest BCUT2D eigenvalue weighted by atomic mass is 10.1. The lowest BCUT2D eigenvalue weighted by Gasteiger charge is -2.14. The fourth-order valence-electron chi connectivity index (χ4n) is 2.37. The van der Waals surface area contributed by atoms with Crippen molar-refractivity contribution >= 4 is 0 Å². The van der Waals surface area contributed by atoms with Crippen LogP contribution in [0.3, 0.4) is 0 Å². The molecule has 6 heteroatoms. The van der Waals surface area contributed by atoms with E-state index < -0.39 is 23.3 Å². The van der Waals surface area contributed by atoms with E-state index in [2.05, 4.69) is 5.10 Å². The van der Waals surface area contributed by atoms with Crippen LogP contribution in [0, 0.1) is 11.6 Å². The maximum atomic E-state index is 13.7. The quantitative estimate of drug-likeness (QED) is 0.801. The highest BCUT2D eigenvalue weighted by Gasteiger charge is 2.16. The maximum absolute atomic E-state index is 13.7. The van der Waals surface area contributed by atoms with Crippen molar-refractivity contribution in [2.24, 2.45) is 0 Å². The molecule has 0 saturated carbocycles. The number of nitrogens with zero attached hydrogens (tertiary/aromatic N) is 2. The van der Waals surface area contributed by atoms with Crippen molar-refractivity contribution in [2.75, 3.05) is 0 Å². The highest BCUT2D eigenvalue weighted by atomic mass is 19.1. The van der Waals surface area contributed by atoms with Gasteiger partial charge in [0.05, 0.1) is 12.2 Å². The predicted octanol–water partition coefficient (Wildman–Crippen LogP) is 2.92. The molecule has 0 spiro atoms. The van der Waals surface area contributed by atoms with Crippen LogP contribution in [-0.4, -0.2) is 14.9 Å². The zero-order valence-electron chi connectivity index (χ0n) is 12.6. The molecule has 0 aliphatic rings. The average Bonchev–Trinajstić information content (AvgIpc) is 2.59. The molecule has 0 fully saturated rings. The average molecular weight is 328 g/mol. The summed E-state index contributed by atoms with van der Waals surface area (Å²) in [6.45, 7) is -0.278. The molecule has 1 N–H and O–H groups in total. The number of benzene rings is 2. The third-order valence-electron chi connectivity index (χ3n) is 3.60. The first-order chi connectivity index (χ1) is 11.5. The Morgan fingerprint density at radius 1 is 1.04 bits per heavy atom. The molecule has 4 nitrogen and oxygen atoms in total. The number of hydrogen-bond donors (Lipinski definition) is 1. The summed E-state index contributed by atoms with van der Waals surface area (Å²) < 4.78 is 28.0. The maximum Gasteiger partial charge on any atom is 0.266 e. The van der Waals surface area contributed by atoms with Gasteiger partial charge < -0.3 is 5.11 Å². The van der Waals surface area contributed by atoms with Crippen LogP contribution in [0.15, 0.2) is 65.5 Å². The Kier molecular flexibility index (Phi) is 4.48. The van der Waals surface area contributed by atoms with Gasteiger partial charge >= 0.3 is 0 Å². The molecular formula is C18H14F2N2O2. The minimum absolute atomic E-state index is 0.214. The lowest BCUT2D eigenvalue weighted by Crippen LogP contribution is -2.25. The van der Waals surface area contributed by atoms with Crippen LogP contribution >= 0.6 is 0 Å². The first-order valence-electron chi connectivity index (χ1n) is 7.31. The van der Waals surface area contributed by atoms with Crippen molar-refractivity contribution in [3.63, 3.8) is 0 Å². The van der Waals surface area contributed by atoms with Crippen molar-refractivity contribution < 1.29 is 13.9 Å². The largest absolute Gasteiger partial charge is 0.386 e. The molecule has 0 amide bonds. The van der Waals surface area contributed by atoms with Crippen molar-refractivity contribution in [3.8, 4) is 11.3 Å². The van der Waals surface area contributed by atoms with E-state index in [4.69, 9.17) is 0 Å². The van der Waals surface area contributed by atoms with Gasteiger partial charge in [-0.3, -0.25) is 4.79 Å². The normalized spacial score (nSPS) is 12.1. The van der Waals surface area contributed by atoms with Crippen LogP contribution in [0.5, 0.6) is 0 Å². The zero-order valence-corrected chi connectivity index (χ0v) is 12.6. The third-order valence-corrected chi connectivity index (χ3v) is 3.60. The number of hydrogen-bond acceptors (Lipinski definition) is 3. The van der Waals surface area contributed by atoms with E-state index in [9.17, 15) is 18.7 Å². The number of halogens is 2. The van der Waals surface area contributed by atoms with Gasteiger partial charge in [0.2, 0.25) is 0 Å². The predicted molar refractivity (Wildman–Crippen MR) is 85.3 cm³/mol. The SMILES string of the molecule is O=c1ccc(-c2ccccc2)nn1CC(O)c1cc(F)ccc1F. The van der Waals surface area contributed by atoms with Crippen molar-refractivity contribution in [3.05, 3.63) is 88.2 Å². The second-order valence-electron chi connectivity index (χ2n) is 5.29. The molecule has 0 bridgehead atoms. The van der Waals surface area contributed by atoms with E-state index in [1.165, 1.54) is 6.07 Å². The second kappa shape index (κ2) is 6.72. The Labute approximate surface area is 136 Å². The van der Waals surface area contributed by atoms with Gasteiger partial charge in [-0.15, -0.1) is 0 Å². The number of aromatic nitrogens is 2. The van der Waals surface area contributed by atoms with Gasteiger partial charge in [0.25, 0.3) is 5.56 Å². The number of aliphatic hydroxyl groups is 1. The Hall–Kier alpha value is -2.86. The number of rotatable bonds is 4. The summed E-state index contributed by atoms with van der Waals surface area (Å²) in [6.07, 6.45) is -1.39. The lowest BCUT2D eigenvalue weighted by molar-refractivity contribution is 0.144. The zero-order chi connectivity index (χ0) is 17.1. The molecule has 0 aliphatic carbocycles. The molecule has 1 atom stereocenters. The summed E-state index contributed by atoms with van der Waals surface area (Å²) in [5.74, 6) is -1.40. The summed E-state index contributed by atoms with van der Waals surface area (Å²) in [7, 11) is 0. The molecule has 122 valence electrons. The number of aliphatic hydroxyl groups excluding tert-OH is 1. The molecule has 1 heterocycles. The van der Waals surface area contributed by atoms with E-state index in [1.807, 2.05) is 30.3 Å². The molecule has 1 aromatic heterocycles. The van der Waals surface area contributed by atoms with Crippen LogP contribution in [0.2, 0.25) is 0 Å². The van der Waals surface area contributed by atoms with E-state index in [0.29, 0.717) is 5.69 Å². The minimum Gasteiger partial charge on any atom is -0.386 e. The van der Waals surface area contributed by atoms with Crippen LogP contribution in [-0.2, 0) is 6.54 Å². The molecule has 0 aliphatic heterocycles. The van der Waals surface area contributed by atoms with Crippen molar-refractivity contribution in [1.29, 1.82) is 0 Å². The molecule has 0 saturated heterocycles. The van der Waals surface area contributed by atoms with Gasteiger partial charge in [0, 0.05) is 17.2 Å². The molecule has 2 aromatic carbocycles. The highest BCUT2D eigenvalue weighted by Crippen LogP contribution is 2.20. The summed E-state index contributed by atoms with van der Waals surface area (Å²) in [6, 6.07) is 14.9. The standard InChI is InChI=1S/C18H14F2N2O2/c19-13-6-7-15(20)14(10-13)17(23)11-22-18(24)9-8-16(21-22)12-4-2-1-3-5-12/h1-10,17,23H,11H2. The molecular weight excluding hydrogens is 314 g/mol. The van der Waals surface area contributed by atoms with Gasteiger partial charge in [-0.05, 0) is 24.3 Å². The first kappa shape index (κ1) is 16.0. The van der Waals surface area contributed by atoms with Crippen LogP contribution < -0.4 is 5.56 Å². The van der Waals surface area contributed by atoms with E-state index in [1.54, 1.807) is 6.07 Å². The molecule has 3 aromatic rings. The molecule has 24 heavy (non-hydrogen) atoms. The monoisotopic (exact) mass is 328 g/mol. The first-order valence-corrected chi connectivity index (χ1v) is 7.31. The van der Waals surface area contributed by atoms with E-state index >= 15 is 0 Å². The topological polar surface area (TPSA) is 55.1 Å². The minimum atomic E-state index is -1.39. The summed E-state index contributed by atoms with van der Waals surface area (Å²) >= 11 is 0.